The molecule has 1 aromatic carbocycles. The second kappa shape index (κ2) is 10.4. The Kier molecular flexibility index (Phi) is 7.32. The van der Waals surface area contributed by atoms with E-state index in [0.29, 0.717) is 23.3 Å². The van der Waals surface area contributed by atoms with Crippen molar-refractivity contribution in [3.63, 3.8) is 0 Å². The molecule has 0 saturated heterocycles. The summed E-state index contributed by atoms with van der Waals surface area (Å²) in [6.07, 6.45) is 6.93. The minimum atomic E-state index is -3.83. The van der Waals surface area contributed by atoms with Gasteiger partial charge in [0.2, 0.25) is 16.0 Å². The summed E-state index contributed by atoms with van der Waals surface area (Å²) in [4.78, 5) is 24.2. The Bertz CT molecular complexity index is 1240. The molecule has 4 rings (SSSR count). The molecule has 3 aromatic rings. The van der Waals surface area contributed by atoms with Crippen molar-refractivity contribution in [2.24, 2.45) is 0 Å². The standard InChI is InChI=1S/C23H30N6O4S/c1-3-4-14-33-20(30)15-29(2)34(31,32)18-10-8-17(9-11-18)26-23-27-21-19(12-13-24-21)22(28-23)25-16-6-5-7-16/h8-13,16H,3-7,14-15H2,1-2H3,(H3,24,25,26,27,28). The van der Waals surface area contributed by atoms with Crippen LogP contribution in [0.15, 0.2) is 41.4 Å². The fraction of sp³-hybridized carbons (Fsp3) is 0.435. The summed E-state index contributed by atoms with van der Waals surface area (Å²) in [5, 5.41) is 7.54. The van der Waals surface area contributed by atoms with Crippen LogP contribution >= 0.6 is 0 Å². The average Bonchev–Trinajstić information content (AvgIpc) is 3.25. The van der Waals surface area contributed by atoms with Crippen molar-refractivity contribution in [3.05, 3.63) is 36.5 Å². The molecule has 0 bridgehead atoms. The number of anilines is 3. The molecule has 0 spiro atoms. The number of hydrogen-bond donors (Lipinski definition) is 3. The Hall–Kier alpha value is -3.18. The van der Waals surface area contributed by atoms with Crippen LogP contribution < -0.4 is 10.6 Å². The number of aromatic amines is 1. The smallest absolute Gasteiger partial charge is 0.321 e. The summed E-state index contributed by atoms with van der Waals surface area (Å²) in [5.41, 5.74) is 1.35. The number of nitrogens with zero attached hydrogens (tertiary/aromatic N) is 3. The average molecular weight is 487 g/mol. The van der Waals surface area contributed by atoms with Crippen LogP contribution in [0.1, 0.15) is 39.0 Å². The van der Waals surface area contributed by atoms with E-state index in [1.807, 2.05) is 19.2 Å². The number of aromatic nitrogens is 3. The Morgan fingerprint density at radius 2 is 1.97 bits per heavy atom. The van der Waals surface area contributed by atoms with Gasteiger partial charge in [-0.2, -0.15) is 14.3 Å². The number of ether oxygens (including phenoxy) is 1. The summed E-state index contributed by atoms with van der Waals surface area (Å²) in [5.74, 6) is 0.602. The van der Waals surface area contributed by atoms with Gasteiger partial charge in [0.15, 0.2) is 0 Å². The zero-order valence-corrected chi connectivity index (χ0v) is 20.2. The van der Waals surface area contributed by atoms with Crippen molar-refractivity contribution in [1.29, 1.82) is 0 Å². The lowest BCUT2D eigenvalue weighted by atomic mass is 9.93. The molecule has 1 fully saturated rings. The largest absolute Gasteiger partial charge is 0.465 e. The lowest BCUT2D eigenvalue weighted by molar-refractivity contribution is -0.143. The van der Waals surface area contributed by atoms with E-state index in [1.54, 1.807) is 12.1 Å². The first-order valence-corrected chi connectivity index (χ1v) is 12.9. The first-order chi connectivity index (χ1) is 16.4. The van der Waals surface area contributed by atoms with Crippen LogP contribution in [0.3, 0.4) is 0 Å². The zero-order chi connectivity index (χ0) is 24.1. The van der Waals surface area contributed by atoms with Crippen molar-refractivity contribution in [3.8, 4) is 0 Å². The molecule has 3 N–H and O–H groups in total. The quantitative estimate of drug-likeness (QED) is 0.277. The number of likely N-dealkylation sites (N-methyl/N-ethyl adjacent to an activating group) is 1. The summed E-state index contributed by atoms with van der Waals surface area (Å²) >= 11 is 0. The van der Waals surface area contributed by atoms with Crippen molar-refractivity contribution in [2.75, 3.05) is 30.8 Å². The van der Waals surface area contributed by atoms with Gasteiger partial charge in [0.25, 0.3) is 0 Å². The van der Waals surface area contributed by atoms with E-state index in [1.165, 1.54) is 25.6 Å². The summed E-state index contributed by atoms with van der Waals surface area (Å²) in [7, 11) is -2.47. The van der Waals surface area contributed by atoms with E-state index < -0.39 is 16.0 Å². The number of hydrogen-bond acceptors (Lipinski definition) is 8. The molecule has 1 aliphatic rings. The fourth-order valence-corrected chi connectivity index (χ4v) is 4.63. The maximum atomic E-state index is 12.8. The molecule has 0 unspecified atom stereocenters. The fourth-order valence-electron chi connectivity index (χ4n) is 3.52. The number of esters is 1. The molecule has 0 amide bonds. The van der Waals surface area contributed by atoms with Gasteiger partial charge in [-0.3, -0.25) is 4.79 Å². The zero-order valence-electron chi connectivity index (χ0n) is 19.4. The van der Waals surface area contributed by atoms with E-state index >= 15 is 0 Å². The van der Waals surface area contributed by atoms with Crippen LogP contribution in [0.2, 0.25) is 0 Å². The Balaban J connectivity index is 1.44. The van der Waals surface area contributed by atoms with E-state index in [4.69, 9.17) is 4.74 Å². The third kappa shape index (κ3) is 5.48. The molecule has 0 atom stereocenters. The maximum absolute atomic E-state index is 12.8. The van der Waals surface area contributed by atoms with Gasteiger partial charge in [0.05, 0.1) is 16.9 Å². The van der Waals surface area contributed by atoms with Crippen LogP contribution in [0.25, 0.3) is 11.0 Å². The Morgan fingerprint density at radius 3 is 2.65 bits per heavy atom. The van der Waals surface area contributed by atoms with Crippen LogP contribution in [0.4, 0.5) is 17.5 Å². The predicted molar refractivity (Wildman–Crippen MR) is 131 cm³/mol. The van der Waals surface area contributed by atoms with Crippen LogP contribution in [0, 0.1) is 0 Å². The van der Waals surface area contributed by atoms with Crippen molar-refractivity contribution < 1.29 is 17.9 Å². The molecule has 1 saturated carbocycles. The lowest BCUT2D eigenvalue weighted by Crippen LogP contribution is -2.33. The van der Waals surface area contributed by atoms with Gasteiger partial charge in [-0.1, -0.05) is 13.3 Å². The summed E-state index contributed by atoms with van der Waals surface area (Å²) in [6, 6.07) is 8.61. The van der Waals surface area contributed by atoms with Crippen LogP contribution in [-0.4, -0.2) is 59.9 Å². The van der Waals surface area contributed by atoms with Crippen LogP contribution in [0.5, 0.6) is 0 Å². The molecule has 182 valence electrons. The van der Waals surface area contributed by atoms with E-state index in [0.717, 1.165) is 41.2 Å². The van der Waals surface area contributed by atoms with Crippen LogP contribution in [-0.2, 0) is 19.6 Å². The SMILES string of the molecule is CCCCOC(=O)CN(C)S(=O)(=O)c1ccc(Nc2nc(NC3CCC3)c3cc[nH]c3n2)cc1. The molecule has 0 aliphatic heterocycles. The number of rotatable bonds is 11. The number of nitrogens with one attached hydrogen (secondary N) is 3. The first kappa shape index (κ1) is 24.0. The molecule has 2 aromatic heterocycles. The molecule has 34 heavy (non-hydrogen) atoms. The third-order valence-electron chi connectivity index (χ3n) is 5.79. The van der Waals surface area contributed by atoms with Gasteiger partial charge in [0.1, 0.15) is 18.0 Å². The summed E-state index contributed by atoms with van der Waals surface area (Å²) < 4.78 is 31.7. The Labute approximate surface area is 199 Å². The van der Waals surface area contributed by atoms with E-state index in [9.17, 15) is 13.2 Å². The normalized spacial score (nSPS) is 14.2. The number of sulfonamides is 1. The molecular formula is C23H30N6O4S. The monoisotopic (exact) mass is 486 g/mol. The molecule has 11 heteroatoms. The number of carbonyl (C=O) groups is 1. The molecule has 2 heterocycles. The van der Waals surface area contributed by atoms with Crippen molar-refractivity contribution in [2.45, 2.75) is 50.0 Å². The topological polar surface area (TPSA) is 129 Å². The highest BCUT2D eigenvalue weighted by atomic mass is 32.2. The highest BCUT2D eigenvalue weighted by Crippen LogP contribution is 2.28. The number of H-pyrrole nitrogens is 1. The van der Waals surface area contributed by atoms with Gasteiger partial charge < -0.3 is 20.4 Å². The lowest BCUT2D eigenvalue weighted by Gasteiger charge is -2.27. The highest BCUT2D eigenvalue weighted by molar-refractivity contribution is 7.89. The predicted octanol–water partition coefficient (Wildman–Crippen LogP) is 3.63. The van der Waals surface area contributed by atoms with Gasteiger partial charge in [0, 0.05) is 25.0 Å². The van der Waals surface area contributed by atoms with Crippen molar-refractivity contribution in [1.82, 2.24) is 19.3 Å². The van der Waals surface area contributed by atoms with Gasteiger partial charge in [-0.05, 0) is 56.0 Å². The number of fused-ring (bicyclic) bond motifs is 1. The second-order valence-corrected chi connectivity index (χ2v) is 10.4. The third-order valence-corrected chi connectivity index (χ3v) is 7.61. The molecule has 10 nitrogen and oxygen atoms in total. The van der Waals surface area contributed by atoms with Crippen molar-refractivity contribution >= 4 is 44.5 Å². The van der Waals surface area contributed by atoms with Gasteiger partial charge in [-0.25, -0.2) is 8.42 Å². The molecule has 0 radical (unpaired) electrons. The number of unbranched alkanes of at least 4 members (excludes halogenated alkanes) is 1. The Morgan fingerprint density at radius 1 is 1.21 bits per heavy atom. The molecule has 1 aliphatic carbocycles. The molecular weight excluding hydrogens is 456 g/mol. The maximum Gasteiger partial charge on any atom is 0.321 e. The minimum absolute atomic E-state index is 0.0787. The minimum Gasteiger partial charge on any atom is -0.465 e. The first-order valence-electron chi connectivity index (χ1n) is 11.5. The van der Waals surface area contributed by atoms with E-state index in [-0.39, 0.29) is 18.0 Å². The highest BCUT2D eigenvalue weighted by Gasteiger charge is 2.24. The number of carbonyl (C=O) groups excluding carboxylic acids is 1. The second-order valence-electron chi connectivity index (χ2n) is 8.39. The van der Waals surface area contributed by atoms with E-state index in [2.05, 4.69) is 25.6 Å². The number of benzene rings is 1. The summed E-state index contributed by atoms with van der Waals surface area (Å²) in [6.45, 7) is 1.93. The van der Waals surface area contributed by atoms with Gasteiger partial charge in [-0.15, -0.1) is 0 Å². The van der Waals surface area contributed by atoms with Gasteiger partial charge >= 0.3 is 5.97 Å².